The molecule has 3 N–H and O–H groups in total. The molecule has 5 nitrogen and oxygen atoms in total. The third-order valence-corrected chi connectivity index (χ3v) is 3.30. The molecule has 1 unspecified atom stereocenters. The molecule has 2 amide bonds. The number of urea groups is 1. The summed E-state index contributed by atoms with van der Waals surface area (Å²) in [5.41, 5.74) is -0.0877. The van der Waals surface area contributed by atoms with Gasteiger partial charge in [-0.1, -0.05) is 18.2 Å². The van der Waals surface area contributed by atoms with Crippen molar-refractivity contribution in [2.45, 2.75) is 12.3 Å². The Hall–Kier alpha value is -3.05. The van der Waals surface area contributed by atoms with Crippen LogP contribution in [0.3, 0.4) is 0 Å². The summed E-state index contributed by atoms with van der Waals surface area (Å²) in [4.78, 5) is 11.8. The molecule has 2 rings (SSSR count). The van der Waals surface area contributed by atoms with E-state index in [1.807, 2.05) is 6.07 Å². The molecule has 0 aliphatic rings. The van der Waals surface area contributed by atoms with Crippen molar-refractivity contribution in [2.75, 3.05) is 11.9 Å². The zero-order chi connectivity index (χ0) is 18.4. The summed E-state index contributed by atoms with van der Waals surface area (Å²) < 4.78 is 38.0. The van der Waals surface area contributed by atoms with Crippen LogP contribution in [0.1, 0.15) is 22.8 Å². The number of halogens is 3. The number of benzene rings is 2. The van der Waals surface area contributed by atoms with Crippen LogP contribution < -0.4 is 10.6 Å². The minimum absolute atomic E-state index is 0.0432. The molecule has 2 aromatic carbocycles. The molecule has 0 aromatic heterocycles. The SMILES string of the molecule is N#Cc1cccc(NC(=O)NCC(O)c2cccc(C(F)(F)F)c2)c1. The van der Waals surface area contributed by atoms with Gasteiger partial charge >= 0.3 is 12.2 Å². The van der Waals surface area contributed by atoms with Gasteiger partial charge in [0.2, 0.25) is 0 Å². The van der Waals surface area contributed by atoms with E-state index in [0.29, 0.717) is 11.3 Å². The Labute approximate surface area is 141 Å². The monoisotopic (exact) mass is 349 g/mol. The fraction of sp³-hybridized carbons (Fsp3) is 0.176. The van der Waals surface area contributed by atoms with Crippen molar-refractivity contribution in [2.24, 2.45) is 0 Å². The molecular weight excluding hydrogens is 335 g/mol. The van der Waals surface area contributed by atoms with Gasteiger partial charge in [-0.2, -0.15) is 18.4 Å². The molecule has 0 aliphatic carbocycles. The largest absolute Gasteiger partial charge is 0.416 e. The van der Waals surface area contributed by atoms with Crippen LogP contribution in [0.25, 0.3) is 0 Å². The number of aliphatic hydroxyl groups is 1. The van der Waals surface area contributed by atoms with E-state index in [0.717, 1.165) is 12.1 Å². The number of nitriles is 1. The fourth-order valence-electron chi connectivity index (χ4n) is 2.07. The Morgan fingerprint density at radius 3 is 2.60 bits per heavy atom. The zero-order valence-electron chi connectivity index (χ0n) is 12.8. The number of carbonyl (C=O) groups is 1. The minimum Gasteiger partial charge on any atom is -0.387 e. The smallest absolute Gasteiger partial charge is 0.387 e. The first-order chi connectivity index (χ1) is 11.8. The van der Waals surface area contributed by atoms with Crippen LogP contribution in [0, 0.1) is 11.3 Å². The summed E-state index contributed by atoms with van der Waals surface area (Å²) in [5, 5.41) is 23.6. The number of nitrogens with zero attached hydrogens (tertiary/aromatic N) is 1. The molecule has 0 heterocycles. The number of hydrogen-bond donors (Lipinski definition) is 3. The molecular formula is C17H14F3N3O2. The highest BCUT2D eigenvalue weighted by atomic mass is 19.4. The lowest BCUT2D eigenvalue weighted by atomic mass is 10.1. The van der Waals surface area contributed by atoms with Gasteiger partial charge in [-0.05, 0) is 35.9 Å². The van der Waals surface area contributed by atoms with Gasteiger partial charge in [0.1, 0.15) is 0 Å². The van der Waals surface area contributed by atoms with E-state index in [2.05, 4.69) is 10.6 Å². The van der Waals surface area contributed by atoms with Gasteiger partial charge in [0.25, 0.3) is 0 Å². The summed E-state index contributed by atoms with van der Waals surface area (Å²) in [6.07, 6.45) is -5.80. The lowest BCUT2D eigenvalue weighted by molar-refractivity contribution is -0.137. The molecule has 0 saturated heterocycles. The highest BCUT2D eigenvalue weighted by Crippen LogP contribution is 2.30. The maximum absolute atomic E-state index is 12.7. The van der Waals surface area contributed by atoms with Gasteiger partial charge in [0.05, 0.1) is 23.3 Å². The predicted octanol–water partition coefficient (Wildman–Crippen LogP) is 3.43. The summed E-state index contributed by atoms with van der Waals surface area (Å²) in [5.74, 6) is 0. The van der Waals surface area contributed by atoms with E-state index in [1.165, 1.54) is 18.2 Å². The standard InChI is InChI=1S/C17H14F3N3O2/c18-17(19,20)13-5-2-4-12(8-13)15(24)10-22-16(25)23-14-6-1-3-11(7-14)9-21/h1-8,15,24H,10H2,(H2,22,23,25). The van der Waals surface area contributed by atoms with Gasteiger partial charge in [0.15, 0.2) is 0 Å². The maximum atomic E-state index is 12.7. The molecule has 0 bridgehead atoms. The first-order valence-electron chi connectivity index (χ1n) is 7.20. The average molecular weight is 349 g/mol. The Morgan fingerprint density at radius 2 is 1.92 bits per heavy atom. The van der Waals surface area contributed by atoms with Crippen molar-refractivity contribution in [3.8, 4) is 6.07 Å². The normalized spacial score (nSPS) is 12.1. The van der Waals surface area contributed by atoms with Crippen LogP contribution in [0.5, 0.6) is 0 Å². The van der Waals surface area contributed by atoms with Crippen molar-refractivity contribution < 1.29 is 23.1 Å². The van der Waals surface area contributed by atoms with E-state index in [4.69, 9.17) is 5.26 Å². The lowest BCUT2D eigenvalue weighted by Crippen LogP contribution is -2.32. The van der Waals surface area contributed by atoms with Crippen molar-refractivity contribution >= 4 is 11.7 Å². The summed E-state index contributed by atoms with van der Waals surface area (Å²) >= 11 is 0. The second kappa shape index (κ2) is 7.68. The highest BCUT2D eigenvalue weighted by Gasteiger charge is 2.30. The zero-order valence-corrected chi connectivity index (χ0v) is 12.8. The molecule has 130 valence electrons. The van der Waals surface area contributed by atoms with Crippen LogP contribution in [0.15, 0.2) is 48.5 Å². The van der Waals surface area contributed by atoms with Gasteiger partial charge in [-0.25, -0.2) is 4.79 Å². The second-order valence-corrected chi connectivity index (χ2v) is 5.17. The van der Waals surface area contributed by atoms with Crippen LogP contribution in [0.4, 0.5) is 23.7 Å². The number of aliphatic hydroxyl groups excluding tert-OH is 1. The topological polar surface area (TPSA) is 85.2 Å². The second-order valence-electron chi connectivity index (χ2n) is 5.17. The number of anilines is 1. The molecule has 2 aromatic rings. The highest BCUT2D eigenvalue weighted by molar-refractivity contribution is 5.89. The third-order valence-electron chi connectivity index (χ3n) is 3.30. The van der Waals surface area contributed by atoms with Crippen molar-refractivity contribution in [3.05, 3.63) is 65.2 Å². The Morgan fingerprint density at radius 1 is 1.20 bits per heavy atom. The number of hydrogen-bond acceptors (Lipinski definition) is 3. The van der Waals surface area contributed by atoms with Crippen LogP contribution in [0.2, 0.25) is 0 Å². The van der Waals surface area contributed by atoms with Crippen molar-refractivity contribution in [1.82, 2.24) is 5.32 Å². The van der Waals surface area contributed by atoms with E-state index >= 15 is 0 Å². The van der Waals surface area contributed by atoms with Crippen molar-refractivity contribution in [3.63, 3.8) is 0 Å². The Bertz CT molecular complexity index is 800. The van der Waals surface area contributed by atoms with Crippen LogP contribution in [-0.2, 0) is 6.18 Å². The number of carbonyl (C=O) groups excluding carboxylic acids is 1. The van der Waals surface area contributed by atoms with E-state index < -0.39 is 23.9 Å². The van der Waals surface area contributed by atoms with Gasteiger partial charge < -0.3 is 15.7 Å². The average Bonchev–Trinajstić information content (AvgIpc) is 2.59. The fourth-order valence-corrected chi connectivity index (χ4v) is 2.07. The van der Waals surface area contributed by atoms with E-state index in [-0.39, 0.29) is 12.1 Å². The van der Waals surface area contributed by atoms with Gasteiger partial charge in [0, 0.05) is 12.2 Å². The van der Waals surface area contributed by atoms with Crippen LogP contribution in [-0.4, -0.2) is 17.7 Å². The molecule has 25 heavy (non-hydrogen) atoms. The molecule has 0 radical (unpaired) electrons. The number of nitrogens with one attached hydrogen (secondary N) is 2. The molecule has 1 atom stereocenters. The summed E-state index contributed by atoms with van der Waals surface area (Å²) in [6.45, 7) is -0.273. The molecule has 0 aliphatic heterocycles. The minimum atomic E-state index is -4.51. The third kappa shape index (κ3) is 5.22. The van der Waals surface area contributed by atoms with Crippen LogP contribution >= 0.6 is 0 Å². The molecule has 0 fully saturated rings. The molecule has 0 saturated carbocycles. The number of rotatable bonds is 4. The molecule has 8 heteroatoms. The summed E-state index contributed by atoms with van der Waals surface area (Å²) in [7, 11) is 0. The quantitative estimate of drug-likeness (QED) is 0.790. The predicted molar refractivity (Wildman–Crippen MR) is 84.6 cm³/mol. The van der Waals surface area contributed by atoms with Gasteiger partial charge in [-0.3, -0.25) is 0 Å². The first kappa shape index (κ1) is 18.3. The van der Waals surface area contributed by atoms with E-state index in [1.54, 1.807) is 18.2 Å². The maximum Gasteiger partial charge on any atom is 0.416 e. The number of amides is 2. The molecule has 0 spiro atoms. The lowest BCUT2D eigenvalue weighted by Gasteiger charge is -2.15. The van der Waals surface area contributed by atoms with Crippen molar-refractivity contribution in [1.29, 1.82) is 5.26 Å². The van der Waals surface area contributed by atoms with E-state index in [9.17, 15) is 23.1 Å². The Balaban J connectivity index is 1.94. The van der Waals surface area contributed by atoms with Gasteiger partial charge in [-0.15, -0.1) is 0 Å². The summed E-state index contributed by atoms with van der Waals surface area (Å²) in [6, 6.07) is 11.7. The Kier molecular flexibility index (Phi) is 5.62. The number of alkyl halides is 3. The first-order valence-corrected chi connectivity index (χ1v) is 7.20.